The number of aryl methyl sites for hydroxylation is 1. The molecule has 1 amide bonds. The largest absolute Gasteiger partial charge is 0.490 e. The van der Waals surface area contributed by atoms with Crippen LogP contribution in [-0.4, -0.2) is 59.8 Å². The third-order valence-electron chi connectivity index (χ3n) is 11.0. The number of halogens is 1. The highest BCUT2D eigenvalue weighted by Crippen LogP contribution is 2.50. The van der Waals surface area contributed by atoms with Crippen LogP contribution in [-0.2, 0) is 27.5 Å². The minimum Gasteiger partial charge on any atom is -0.490 e. The van der Waals surface area contributed by atoms with E-state index in [9.17, 15) is 18.3 Å². The number of aromatic nitrogens is 3. The summed E-state index contributed by atoms with van der Waals surface area (Å²) in [6, 6.07) is 11.3. The molecule has 0 saturated heterocycles. The summed E-state index contributed by atoms with van der Waals surface area (Å²) >= 11 is 6.42. The van der Waals surface area contributed by atoms with Crippen LogP contribution in [0.2, 0.25) is 5.02 Å². The Hall–Kier alpha value is -3.41. The second kappa shape index (κ2) is 11.7. The van der Waals surface area contributed by atoms with Gasteiger partial charge < -0.3 is 14.7 Å². The molecule has 10 nitrogen and oxygen atoms in total. The van der Waals surface area contributed by atoms with Crippen LogP contribution in [0.3, 0.4) is 0 Å². The maximum Gasteiger partial charge on any atom is 0.264 e. The lowest BCUT2D eigenvalue weighted by Gasteiger charge is -2.48. The lowest BCUT2D eigenvalue weighted by atomic mass is 9.63. The van der Waals surface area contributed by atoms with Crippen LogP contribution < -0.4 is 14.4 Å². The van der Waals surface area contributed by atoms with Crippen molar-refractivity contribution < 1.29 is 23.1 Å². The number of benzene rings is 2. The molecule has 3 N–H and O–H groups in total. The topological polar surface area (TPSA) is 138 Å². The fourth-order valence-corrected chi connectivity index (χ4v) is 9.42. The SMILES string of the molecule is C[C@@H]1[C@@H](C)C/C=C/[C@@](O)(c2cn[nH]n2)[C@@H]2CC[C@H]2CN2C[C@@]3(CCCc4cc(Cl)ccc43)COc3ccc(cc32)C(=O)NS1(=O)=O. The van der Waals surface area contributed by atoms with Gasteiger partial charge in [-0.05, 0) is 98.7 Å². The number of hydrogen-bond donors (Lipinski definition) is 3. The summed E-state index contributed by atoms with van der Waals surface area (Å²) in [4.78, 5) is 15.7. The Morgan fingerprint density at radius 2 is 2.00 bits per heavy atom. The highest BCUT2D eigenvalue weighted by atomic mass is 35.5. The van der Waals surface area contributed by atoms with Gasteiger partial charge in [-0.1, -0.05) is 36.7 Å². The van der Waals surface area contributed by atoms with Crippen LogP contribution in [0.15, 0.2) is 54.7 Å². The van der Waals surface area contributed by atoms with Crippen LogP contribution in [0.5, 0.6) is 5.75 Å². The number of ether oxygens (including phenoxy) is 1. The smallest absolute Gasteiger partial charge is 0.264 e. The van der Waals surface area contributed by atoms with Gasteiger partial charge in [-0.25, -0.2) is 13.1 Å². The second-order valence-electron chi connectivity index (χ2n) is 13.7. The van der Waals surface area contributed by atoms with E-state index in [1.54, 1.807) is 37.4 Å². The first-order chi connectivity index (χ1) is 22.0. The number of anilines is 1. The van der Waals surface area contributed by atoms with Crippen LogP contribution >= 0.6 is 11.6 Å². The molecule has 4 aliphatic rings. The van der Waals surface area contributed by atoms with Gasteiger partial charge in [0.25, 0.3) is 5.91 Å². The van der Waals surface area contributed by atoms with Crippen molar-refractivity contribution in [2.24, 2.45) is 17.8 Å². The van der Waals surface area contributed by atoms with Crippen molar-refractivity contribution >= 4 is 33.2 Å². The number of nitrogens with one attached hydrogen (secondary N) is 2. The fraction of sp³-hybridized carbons (Fsp3) is 0.500. The minimum absolute atomic E-state index is 0.102. The molecule has 3 aromatic rings. The molecule has 2 aromatic carbocycles. The molecule has 0 radical (unpaired) electrons. The van der Waals surface area contributed by atoms with E-state index in [0.29, 0.717) is 42.6 Å². The van der Waals surface area contributed by atoms with Gasteiger partial charge >= 0.3 is 0 Å². The summed E-state index contributed by atoms with van der Waals surface area (Å²) in [5.74, 6) is -0.393. The molecule has 1 aromatic heterocycles. The average molecular weight is 666 g/mol. The third kappa shape index (κ3) is 5.40. The van der Waals surface area contributed by atoms with E-state index in [-0.39, 0.29) is 28.7 Å². The van der Waals surface area contributed by atoms with E-state index in [0.717, 1.165) is 37.8 Å². The summed E-state index contributed by atoms with van der Waals surface area (Å²) < 4.78 is 35.6. The van der Waals surface area contributed by atoms with E-state index in [4.69, 9.17) is 16.3 Å². The number of fused-ring (bicyclic) bond motifs is 4. The van der Waals surface area contributed by atoms with Crippen molar-refractivity contribution in [3.8, 4) is 5.75 Å². The van der Waals surface area contributed by atoms with Crippen LogP contribution in [0.1, 0.15) is 73.1 Å². The zero-order valence-electron chi connectivity index (χ0n) is 26.1. The Balaban J connectivity index is 1.34. The Morgan fingerprint density at radius 3 is 2.76 bits per heavy atom. The molecular formula is C34H40ClN5O5S. The molecule has 12 heteroatoms. The van der Waals surface area contributed by atoms with E-state index >= 15 is 0 Å². The zero-order valence-corrected chi connectivity index (χ0v) is 27.7. The second-order valence-corrected chi connectivity index (χ2v) is 16.2. The number of carbonyl (C=O) groups is 1. The normalized spacial score (nSPS) is 33.0. The number of amides is 1. The van der Waals surface area contributed by atoms with E-state index in [1.165, 1.54) is 11.1 Å². The maximum absolute atomic E-state index is 13.5. The molecule has 2 bridgehead atoms. The zero-order chi connectivity index (χ0) is 32.3. The van der Waals surface area contributed by atoms with Crippen molar-refractivity contribution in [3.63, 3.8) is 0 Å². The van der Waals surface area contributed by atoms with Crippen molar-refractivity contribution in [1.29, 1.82) is 0 Å². The lowest BCUT2D eigenvalue weighted by molar-refractivity contribution is -0.0530. The van der Waals surface area contributed by atoms with Crippen LogP contribution in [0, 0.1) is 17.8 Å². The summed E-state index contributed by atoms with van der Waals surface area (Å²) in [7, 11) is -4.00. The summed E-state index contributed by atoms with van der Waals surface area (Å²) in [5.41, 5.74) is 2.17. The number of allylic oxidation sites excluding steroid dienone is 1. The molecule has 1 saturated carbocycles. The Bertz CT molecular complexity index is 1780. The number of carbonyl (C=O) groups excluding carboxylic acids is 1. The van der Waals surface area contributed by atoms with Gasteiger partial charge in [0.15, 0.2) is 0 Å². The van der Waals surface area contributed by atoms with Gasteiger partial charge in [0.1, 0.15) is 17.0 Å². The van der Waals surface area contributed by atoms with Crippen LogP contribution in [0.25, 0.3) is 0 Å². The number of rotatable bonds is 1. The number of hydrogen-bond acceptors (Lipinski definition) is 8. The highest BCUT2D eigenvalue weighted by Gasteiger charge is 2.50. The van der Waals surface area contributed by atoms with Crippen molar-refractivity contribution in [1.82, 2.24) is 20.1 Å². The Kier molecular flexibility index (Phi) is 7.92. The fourth-order valence-electron chi connectivity index (χ4n) is 7.94. The van der Waals surface area contributed by atoms with E-state index < -0.39 is 26.8 Å². The first-order valence-corrected chi connectivity index (χ1v) is 18.0. The molecule has 7 rings (SSSR count). The maximum atomic E-state index is 13.5. The minimum atomic E-state index is -4.00. The van der Waals surface area contributed by atoms with E-state index in [2.05, 4.69) is 37.2 Å². The number of sulfonamides is 1. The van der Waals surface area contributed by atoms with Gasteiger partial charge in [-0.3, -0.25) is 4.79 Å². The Morgan fingerprint density at radius 1 is 1.15 bits per heavy atom. The standard InChI is InChI=1S/C34H40ClN5O5S/c1-21-5-3-14-34(42,31-17-36-39-37-31)28-10-7-25(28)18-40-19-33(13-4-6-23-15-26(35)9-11-27(23)33)20-45-30-12-8-24(16-29(30)40)32(41)38-46(43,44)22(21)2/h3,8-9,11-12,14-17,21-22,25,28,42H,4-7,10,13,18-20H2,1-2H3,(H,38,41)(H,36,37,39)/b14-3+/t21-,22+,25-,28+,33-,34-/m0/s1. The first kappa shape index (κ1) is 31.2. The van der Waals surface area contributed by atoms with Gasteiger partial charge in [0.2, 0.25) is 10.0 Å². The molecule has 1 fully saturated rings. The predicted molar refractivity (Wildman–Crippen MR) is 175 cm³/mol. The molecule has 0 unspecified atom stereocenters. The van der Waals surface area contributed by atoms with Crippen molar-refractivity contribution in [2.45, 2.75) is 68.6 Å². The molecule has 46 heavy (non-hydrogen) atoms. The molecule has 244 valence electrons. The third-order valence-corrected chi connectivity index (χ3v) is 13.1. The van der Waals surface area contributed by atoms with Crippen molar-refractivity contribution in [3.05, 3.63) is 82.2 Å². The first-order valence-electron chi connectivity index (χ1n) is 16.1. The van der Waals surface area contributed by atoms with E-state index in [1.807, 2.05) is 19.1 Å². The molecule has 2 aliphatic heterocycles. The monoisotopic (exact) mass is 665 g/mol. The molecule has 2 aliphatic carbocycles. The summed E-state index contributed by atoms with van der Waals surface area (Å²) in [6.45, 7) is 5.13. The highest BCUT2D eigenvalue weighted by molar-refractivity contribution is 7.90. The van der Waals surface area contributed by atoms with Gasteiger partial charge in [0, 0.05) is 35.0 Å². The molecule has 6 atom stereocenters. The molecule has 1 spiro atoms. The predicted octanol–water partition coefficient (Wildman–Crippen LogP) is 4.89. The van der Waals surface area contributed by atoms with Crippen molar-refractivity contribution in [2.75, 3.05) is 24.6 Å². The van der Waals surface area contributed by atoms with Gasteiger partial charge in [0.05, 0.1) is 23.7 Å². The quantitative estimate of drug-likeness (QED) is 0.313. The Labute approximate surface area is 274 Å². The van der Waals surface area contributed by atoms with Gasteiger partial charge in [-0.15, -0.1) is 0 Å². The number of aromatic amines is 1. The molecule has 3 heterocycles. The summed E-state index contributed by atoms with van der Waals surface area (Å²) in [5, 5.41) is 23.1. The van der Waals surface area contributed by atoms with Gasteiger partial charge in [-0.2, -0.15) is 15.4 Å². The van der Waals surface area contributed by atoms with Crippen LogP contribution in [0.4, 0.5) is 5.69 Å². The number of aliphatic hydroxyl groups is 1. The number of nitrogens with zero attached hydrogens (tertiary/aromatic N) is 3. The molecular weight excluding hydrogens is 626 g/mol. The average Bonchev–Trinajstić information content (AvgIpc) is 3.52. The summed E-state index contributed by atoms with van der Waals surface area (Å²) in [6.07, 6.45) is 10.1. The number of H-pyrrole nitrogens is 1. The lowest BCUT2D eigenvalue weighted by Crippen LogP contribution is -2.51.